The summed E-state index contributed by atoms with van der Waals surface area (Å²) in [5.74, 6) is -1.66. The SMILES string of the molecule is C[C@H](O)CCNCc1ccc(F)c(F)c1. The van der Waals surface area contributed by atoms with Crippen molar-refractivity contribution in [2.75, 3.05) is 6.54 Å². The van der Waals surface area contributed by atoms with Gasteiger partial charge in [-0.3, -0.25) is 0 Å². The summed E-state index contributed by atoms with van der Waals surface area (Å²) in [6.07, 6.45) is 0.298. The minimum Gasteiger partial charge on any atom is -0.393 e. The second-order valence-corrected chi connectivity index (χ2v) is 3.56. The Kier molecular flexibility index (Phi) is 4.65. The van der Waals surface area contributed by atoms with E-state index in [1.807, 2.05) is 0 Å². The van der Waals surface area contributed by atoms with E-state index in [0.717, 1.165) is 6.07 Å². The van der Waals surface area contributed by atoms with Gasteiger partial charge in [-0.05, 0) is 37.6 Å². The lowest BCUT2D eigenvalue weighted by Crippen LogP contribution is -2.18. The number of hydrogen-bond donors (Lipinski definition) is 2. The van der Waals surface area contributed by atoms with Gasteiger partial charge >= 0.3 is 0 Å². The zero-order valence-electron chi connectivity index (χ0n) is 8.63. The molecular formula is C11H15F2NO. The van der Waals surface area contributed by atoms with Gasteiger partial charge in [-0.25, -0.2) is 8.78 Å². The maximum atomic E-state index is 12.8. The molecule has 0 heterocycles. The average molecular weight is 215 g/mol. The number of nitrogens with one attached hydrogen (secondary N) is 1. The van der Waals surface area contributed by atoms with Gasteiger partial charge in [0, 0.05) is 6.54 Å². The van der Waals surface area contributed by atoms with E-state index >= 15 is 0 Å². The van der Waals surface area contributed by atoms with E-state index in [-0.39, 0.29) is 6.10 Å². The quantitative estimate of drug-likeness (QED) is 0.734. The van der Waals surface area contributed by atoms with Gasteiger partial charge in [0.15, 0.2) is 11.6 Å². The Balaban J connectivity index is 2.35. The van der Waals surface area contributed by atoms with E-state index in [9.17, 15) is 8.78 Å². The molecule has 15 heavy (non-hydrogen) atoms. The number of halogens is 2. The minimum absolute atomic E-state index is 0.345. The largest absolute Gasteiger partial charge is 0.393 e. The molecule has 0 aliphatic carbocycles. The van der Waals surface area contributed by atoms with Crippen LogP contribution in [0, 0.1) is 11.6 Å². The van der Waals surface area contributed by atoms with Crippen LogP contribution in [0.25, 0.3) is 0 Å². The van der Waals surface area contributed by atoms with E-state index < -0.39 is 11.6 Å². The number of rotatable bonds is 5. The maximum absolute atomic E-state index is 12.8. The molecule has 0 aliphatic heterocycles. The van der Waals surface area contributed by atoms with Gasteiger partial charge in [-0.15, -0.1) is 0 Å². The van der Waals surface area contributed by atoms with Crippen LogP contribution in [0.4, 0.5) is 8.78 Å². The highest BCUT2D eigenvalue weighted by Crippen LogP contribution is 2.08. The van der Waals surface area contributed by atoms with Gasteiger partial charge in [0.25, 0.3) is 0 Å². The molecule has 0 aliphatic rings. The van der Waals surface area contributed by atoms with Gasteiger partial charge in [0.05, 0.1) is 6.10 Å². The lowest BCUT2D eigenvalue weighted by molar-refractivity contribution is 0.183. The van der Waals surface area contributed by atoms with Crippen LogP contribution in [-0.4, -0.2) is 17.8 Å². The summed E-state index contributed by atoms with van der Waals surface area (Å²) in [6.45, 7) is 2.83. The van der Waals surface area contributed by atoms with Crippen molar-refractivity contribution in [3.63, 3.8) is 0 Å². The highest BCUT2D eigenvalue weighted by atomic mass is 19.2. The molecule has 2 N–H and O–H groups in total. The van der Waals surface area contributed by atoms with Crippen LogP contribution in [-0.2, 0) is 6.54 Å². The van der Waals surface area contributed by atoms with Crippen molar-refractivity contribution in [1.82, 2.24) is 5.32 Å². The Morgan fingerprint density at radius 1 is 1.33 bits per heavy atom. The van der Waals surface area contributed by atoms with Crippen molar-refractivity contribution < 1.29 is 13.9 Å². The molecule has 1 atom stereocenters. The van der Waals surface area contributed by atoms with Crippen LogP contribution < -0.4 is 5.32 Å². The summed E-state index contributed by atoms with van der Waals surface area (Å²) in [6, 6.07) is 3.82. The zero-order chi connectivity index (χ0) is 11.3. The highest BCUT2D eigenvalue weighted by Gasteiger charge is 2.02. The van der Waals surface area contributed by atoms with Gasteiger partial charge in [0.1, 0.15) is 0 Å². The van der Waals surface area contributed by atoms with Crippen LogP contribution in [0.1, 0.15) is 18.9 Å². The predicted octanol–water partition coefficient (Wildman–Crippen LogP) is 1.83. The number of hydrogen-bond acceptors (Lipinski definition) is 2. The first-order valence-electron chi connectivity index (χ1n) is 4.92. The predicted molar refractivity (Wildman–Crippen MR) is 54.4 cm³/mol. The fourth-order valence-corrected chi connectivity index (χ4v) is 1.19. The Labute approximate surface area is 87.9 Å². The molecule has 4 heteroatoms. The Bertz CT molecular complexity index is 315. The van der Waals surface area contributed by atoms with Gasteiger partial charge in [-0.2, -0.15) is 0 Å². The maximum Gasteiger partial charge on any atom is 0.159 e. The highest BCUT2D eigenvalue weighted by molar-refractivity contribution is 5.17. The number of aliphatic hydroxyl groups is 1. The molecule has 1 aromatic carbocycles. The molecule has 0 saturated carbocycles. The normalized spacial score (nSPS) is 12.8. The topological polar surface area (TPSA) is 32.3 Å². The molecule has 0 amide bonds. The van der Waals surface area contributed by atoms with Crippen molar-refractivity contribution in [1.29, 1.82) is 0 Å². The zero-order valence-corrected chi connectivity index (χ0v) is 8.63. The van der Waals surface area contributed by atoms with Crippen molar-refractivity contribution >= 4 is 0 Å². The first kappa shape index (κ1) is 12.1. The first-order valence-corrected chi connectivity index (χ1v) is 4.92. The smallest absolute Gasteiger partial charge is 0.159 e. The second-order valence-electron chi connectivity index (χ2n) is 3.56. The Morgan fingerprint density at radius 3 is 2.67 bits per heavy atom. The van der Waals surface area contributed by atoms with Crippen LogP contribution in [0.2, 0.25) is 0 Å². The molecule has 0 spiro atoms. The van der Waals surface area contributed by atoms with Crippen LogP contribution in [0.5, 0.6) is 0 Å². The second kappa shape index (κ2) is 5.78. The third kappa shape index (κ3) is 4.36. The van der Waals surface area contributed by atoms with Gasteiger partial charge in [-0.1, -0.05) is 6.07 Å². The van der Waals surface area contributed by atoms with Crippen LogP contribution >= 0.6 is 0 Å². The molecule has 0 aromatic heterocycles. The Hall–Kier alpha value is -1.00. The summed E-state index contributed by atoms with van der Waals surface area (Å²) in [4.78, 5) is 0. The summed E-state index contributed by atoms with van der Waals surface area (Å²) in [7, 11) is 0. The first-order chi connectivity index (χ1) is 7.09. The fourth-order valence-electron chi connectivity index (χ4n) is 1.19. The third-order valence-corrected chi connectivity index (χ3v) is 2.05. The summed E-state index contributed by atoms with van der Waals surface area (Å²) < 4.78 is 25.3. The molecule has 0 bridgehead atoms. The minimum atomic E-state index is -0.831. The molecule has 1 rings (SSSR count). The standard InChI is InChI=1S/C11H15F2NO/c1-8(15)4-5-14-7-9-2-3-10(12)11(13)6-9/h2-3,6,8,14-15H,4-5,7H2,1H3/t8-/m0/s1. The van der Waals surface area contributed by atoms with E-state index in [4.69, 9.17) is 5.11 Å². The van der Waals surface area contributed by atoms with Gasteiger partial charge < -0.3 is 10.4 Å². The summed E-state index contributed by atoms with van der Waals surface area (Å²) in [5, 5.41) is 12.0. The lowest BCUT2D eigenvalue weighted by atomic mass is 10.2. The molecule has 1 aromatic rings. The number of aliphatic hydroxyl groups excluding tert-OH is 1. The molecular weight excluding hydrogens is 200 g/mol. The summed E-state index contributed by atoms with van der Waals surface area (Å²) >= 11 is 0. The van der Waals surface area contributed by atoms with Gasteiger partial charge in [0.2, 0.25) is 0 Å². The molecule has 0 unspecified atom stereocenters. The average Bonchev–Trinajstić information content (AvgIpc) is 2.18. The van der Waals surface area contributed by atoms with E-state index in [0.29, 0.717) is 25.1 Å². The molecule has 2 nitrogen and oxygen atoms in total. The van der Waals surface area contributed by atoms with Crippen LogP contribution in [0.15, 0.2) is 18.2 Å². The molecule has 0 fully saturated rings. The lowest BCUT2D eigenvalue weighted by Gasteiger charge is -2.06. The van der Waals surface area contributed by atoms with Crippen molar-refractivity contribution in [2.45, 2.75) is 26.0 Å². The molecule has 0 radical (unpaired) electrons. The van der Waals surface area contributed by atoms with Crippen molar-refractivity contribution in [3.05, 3.63) is 35.4 Å². The van der Waals surface area contributed by atoms with E-state index in [2.05, 4.69) is 5.32 Å². The van der Waals surface area contributed by atoms with Crippen LogP contribution in [0.3, 0.4) is 0 Å². The van der Waals surface area contributed by atoms with E-state index in [1.165, 1.54) is 12.1 Å². The molecule has 84 valence electrons. The third-order valence-electron chi connectivity index (χ3n) is 2.05. The van der Waals surface area contributed by atoms with Crippen molar-refractivity contribution in [2.24, 2.45) is 0 Å². The van der Waals surface area contributed by atoms with E-state index in [1.54, 1.807) is 6.92 Å². The Morgan fingerprint density at radius 2 is 2.07 bits per heavy atom. The fraction of sp³-hybridized carbons (Fsp3) is 0.455. The number of benzene rings is 1. The monoisotopic (exact) mass is 215 g/mol. The molecule has 0 saturated heterocycles. The summed E-state index contributed by atoms with van der Waals surface area (Å²) in [5.41, 5.74) is 0.694. The van der Waals surface area contributed by atoms with Crippen molar-refractivity contribution in [3.8, 4) is 0 Å².